The Labute approximate surface area is 83.4 Å². The van der Waals surface area contributed by atoms with Crippen LogP contribution in [0.5, 0.6) is 0 Å². The molecule has 2 rings (SSSR count). The van der Waals surface area contributed by atoms with Gasteiger partial charge < -0.3 is 5.32 Å². The van der Waals surface area contributed by atoms with Gasteiger partial charge in [0, 0.05) is 31.0 Å². The summed E-state index contributed by atoms with van der Waals surface area (Å²) < 4.78 is 1.81. The Bertz CT molecular complexity index is 392. The minimum absolute atomic E-state index is 0.817. The third-order valence-corrected chi connectivity index (χ3v) is 2.03. The predicted molar refractivity (Wildman–Crippen MR) is 57.0 cm³/mol. The molecule has 1 aromatic carbocycles. The van der Waals surface area contributed by atoms with E-state index in [1.54, 1.807) is 0 Å². The first-order chi connectivity index (χ1) is 6.84. The second kappa shape index (κ2) is 3.96. The average molecular weight is 187 g/mol. The standard InChI is InChI=1S/C11H13N3/c1-14-9-10(8-13-14)7-12-11-5-3-2-4-6-11/h2-6,8-9,12H,7H2,1H3. The summed E-state index contributed by atoms with van der Waals surface area (Å²) >= 11 is 0. The van der Waals surface area contributed by atoms with Crippen LogP contribution in [0.2, 0.25) is 0 Å². The van der Waals surface area contributed by atoms with Crippen molar-refractivity contribution in [2.75, 3.05) is 5.32 Å². The lowest BCUT2D eigenvalue weighted by Gasteiger charge is -2.02. The smallest absolute Gasteiger partial charge is 0.0539 e. The Hall–Kier alpha value is -1.77. The molecule has 14 heavy (non-hydrogen) atoms. The fourth-order valence-electron chi connectivity index (χ4n) is 1.32. The topological polar surface area (TPSA) is 29.9 Å². The zero-order valence-electron chi connectivity index (χ0n) is 8.14. The molecule has 0 bridgehead atoms. The number of hydrogen-bond donors (Lipinski definition) is 1. The van der Waals surface area contributed by atoms with Crippen LogP contribution in [0.4, 0.5) is 5.69 Å². The number of aryl methyl sites for hydroxylation is 1. The summed E-state index contributed by atoms with van der Waals surface area (Å²) in [5.74, 6) is 0. The highest BCUT2D eigenvalue weighted by Crippen LogP contribution is 2.07. The van der Waals surface area contributed by atoms with Crippen LogP contribution in [-0.4, -0.2) is 9.78 Å². The lowest BCUT2D eigenvalue weighted by molar-refractivity contribution is 0.767. The Balaban J connectivity index is 1.95. The summed E-state index contributed by atoms with van der Waals surface area (Å²) in [6.45, 7) is 0.817. The lowest BCUT2D eigenvalue weighted by atomic mass is 10.3. The second-order valence-electron chi connectivity index (χ2n) is 3.24. The van der Waals surface area contributed by atoms with Gasteiger partial charge in [0.05, 0.1) is 6.20 Å². The minimum Gasteiger partial charge on any atom is -0.381 e. The summed E-state index contributed by atoms with van der Waals surface area (Å²) in [5, 5.41) is 7.43. The van der Waals surface area contributed by atoms with Gasteiger partial charge in [-0.05, 0) is 12.1 Å². The number of nitrogens with zero attached hydrogens (tertiary/aromatic N) is 2. The SMILES string of the molecule is Cn1cc(CNc2ccccc2)cn1. The maximum atomic E-state index is 4.11. The largest absolute Gasteiger partial charge is 0.381 e. The first-order valence-electron chi connectivity index (χ1n) is 4.61. The second-order valence-corrected chi connectivity index (χ2v) is 3.24. The number of aromatic nitrogens is 2. The Morgan fingerprint density at radius 3 is 2.71 bits per heavy atom. The molecule has 0 aliphatic carbocycles. The Kier molecular flexibility index (Phi) is 2.49. The molecule has 0 aliphatic heterocycles. The normalized spacial score (nSPS) is 10.1. The molecular formula is C11H13N3. The molecule has 72 valence electrons. The van der Waals surface area contributed by atoms with Gasteiger partial charge in [0.1, 0.15) is 0 Å². The summed E-state index contributed by atoms with van der Waals surface area (Å²) in [5.41, 5.74) is 2.33. The van der Waals surface area contributed by atoms with Crippen molar-refractivity contribution in [2.24, 2.45) is 7.05 Å². The van der Waals surface area contributed by atoms with Crippen molar-refractivity contribution in [3.63, 3.8) is 0 Å². The van der Waals surface area contributed by atoms with Crippen molar-refractivity contribution < 1.29 is 0 Å². The van der Waals surface area contributed by atoms with Crippen molar-refractivity contribution >= 4 is 5.69 Å². The van der Waals surface area contributed by atoms with Crippen LogP contribution in [0.25, 0.3) is 0 Å². The molecule has 0 aliphatic rings. The van der Waals surface area contributed by atoms with Crippen LogP contribution in [0.3, 0.4) is 0 Å². The van der Waals surface area contributed by atoms with E-state index in [4.69, 9.17) is 0 Å². The summed E-state index contributed by atoms with van der Waals surface area (Å²) in [4.78, 5) is 0. The lowest BCUT2D eigenvalue weighted by Crippen LogP contribution is -1.97. The molecule has 0 spiro atoms. The molecule has 1 heterocycles. The Morgan fingerprint density at radius 1 is 1.29 bits per heavy atom. The quantitative estimate of drug-likeness (QED) is 0.796. The predicted octanol–water partition coefficient (Wildman–Crippen LogP) is 2.03. The van der Waals surface area contributed by atoms with E-state index in [1.165, 1.54) is 5.56 Å². The highest BCUT2D eigenvalue weighted by Gasteiger charge is 1.95. The molecule has 1 aromatic heterocycles. The van der Waals surface area contributed by atoms with Gasteiger partial charge in [-0.1, -0.05) is 18.2 Å². The van der Waals surface area contributed by atoms with E-state index in [2.05, 4.69) is 22.5 Å². The van der Waals surface area contributed by atoms with Gasteiger partial charge >= 0.3 is 0 Å². The summed E-state index contributed by atoms with van der Waals surface area (Å²) in [6, 6.07) is 10.2. The van der Waals surface area contributed by atoms with Crippen LogP contribution in [0.15, 0.2) is 42.7 Å². The first-order valence-corrected chi connectivity index (χ1v) is 4.61. The van der Waals surface area contributed by atoms with Crippen molar-refractivity contribution in [2.45, 2.75) is 6.54 Å². The van der Waals surface area contributed by atoms with E-state index >= 15 is 0 Å². The third kappa shape index (κ3) is 2.13. The molecule has 0 atom stereocenters. The zero-order valence-corrected chi connectivity index (χ0v) is 8.14. The van der Waals surface area contributed by atoms with Gasteiger partial charge in [0.25, 0.3) is 0 Å². The van der Waals surface area contributed by atoms with Gasteiger partial charge in [-0.3, -0.25) is 4.68 Å². The highest BCUT2D eigenvalue weighted by atomic mass is 15.2. The van der Waals surface area contributed by atoms with E-state index < -0.39 is 0 Å². The van der Waals surface area contributed by atoms with E-state index in [0.29, 0.717) is 0 Å². The Morgan fingerprint density at radius 2 is 2.07 bits per heavy atom. The summed E-state index contributed by atoms with van der Waals surface area (Å²) in [7, 11) is 1.92. The number of nitrogens with one attached hydrogen (secondary N) is 1. The van der Waals surface area contributed by atoms with Crippen molar-refractivity contribution in [3.05, 3.63) is 48.3 Å². The number of benzene rings is 1. The van der Waals surface area contributed by atoms with Crippen molar-refractivity contribution in [3.8, 4) is 0 Å². The zero-order chi connectivity index (χ0) is 9.80. The number of para-hydroxylation sites is 1. The first kappa shape index (κ1) is 8.81. The molecule has 0 amide bonds. The van der Waals surface area contributed by atoms with Crippen LogP contribution < -0.4 is 5.32 Å². The molecule has 0 radical (unpaired) electrons. The molecular weight excluding hydrogens is 174 g/mol. The maximum absolute atomic E-state index is 4.11. The van der Waals surface area contributed by atoms with Gasteiger partial charge in [0.2, 0.25) is 0 Å². The molecule has 2 aromatic rings. The molecule has 0 unspecified atom stereocenters. The maximum Gasteiger partial charge on any atom is 0.0539 e. The molecule has 3 nitrogen and oxygen atoms in total. The van der Waals surface area contributed by atoms with Crippen LogP contribution in [-0.2, 0) is 13.6 Å². The third-order valence-electron chi connectivity index (χ3n) is 2.03. The number of hydrogen-bond acceptors (Lipinski definition) is 2. The fraction of sp³-hybridized carbons (Fsp3) is 0.182. The van der Waals surface area contributed by atoms with E-state index in [0.717, 1.165) is 12.2 Å². The molecule has 3 heteroatoms. The number of rotatable bonds is 3. The van der Waals surface area contributed by atoms with E-state index in [1.807, 2.05) is 42.3 Å². The van der Waals surface area contributed by atoms with E-state index in [-0.39, 0.29) is 0 Å². The van der Waals surface area contributed by atoms with E-state index in [9.17, 15) is 0 Å². The highest BCUT2D eigenvalue weighted by molar-refractivity contribution is 5.42. The average Bonchev–Trinajstić information content (AvgIpc) is 2.63. The minimum atomic E-state index is 0.817. The van der Waals surface area contributed by atoms with Gasteiger partial charge in [0.15, 0.2) is 0 Å². The fourth-order valence-corrected chi connectivity index (χ4v) is 1.32. The molecule has 0 saturated carbocycles. The molecule has 0 fully saturated rings. The monoisotopic (exact) mass is 187 g/mol. The van der Waals surface area contributed by atoms with Crippen LogP contribution in [0, 0.1) is 0 Å². The molecule has 0 saturated heterocycles. The summed E-state index contributed by atoms with van der Waals surface area (Å²) in [6.07, 6.45) is 3.88. The van der Waals surface area contributed by atoms with Gasteiger partial charge in [-0.15, -0.1) is 0 Å². The van der Waals surface area contributed by atoms with Gasteiger partial charge in [-0.25, -0.2) is 0 Å². The number of anilines is 1. The van der Waals surface area contributed by atoms with Crippen LogP contribution in [0.1, 0.15) is 5.56 Å². The van der Waals surface area contributed by atoms with Gasteiger partial charge in [-0.2, -0.15) is 5.10 Å². The van der Waals surface area contributed by atoms with Crippen molar-refractivity contribution in [1.82, 2.24) is 9.78 Å². The van der Waals surface area contributed by atoms with Crippen LogP contribution >= 0.6 is 0 Å². The van der Waals surface area contributed by atoms with Crippen molar-refractivity contribution in [1.29, 1.82) is 0 Å². The molecule has 1 N–H and O–H groups in total.